The topological polar surface area (TPSA) is 76.2 Å². The van der Waals surface area contributed by atoms with Crippen LogP contribution in [0.3, 0.4) is 0 Å². The zero-order valence-corrected chi connectivity index (χ0v) is 10.6. The Labute approximate surface area is 109 Å². The molecule has 0 fully saturated rings. The van der Waals surface area contributed by atoms with Crippen molar-refractivity contribution in [2.75, 3.05) is 5.73 Å². The Morgan fingerprint density at radius 1 is 1.39 bits per heavy atom. The first-order chi connectivity index (χ1) is 8.56. The lowest BCUT2D eigenvalue weighted by atomic mass is 10.2. The molecule has 1 heterocycles. The average Bonchev–Trinajstić information content (AvgIpc) is 2.31. The lowest BCUT2D eigenvalue weighted by molar-refractivity contribution is 0.0692. The van der Waals surface area contributed by atoms with E-state index in [1.54, 1.807) is 0 Å². The number of hydrogen-bond acceptors (Lipinski definition) is 4. The van der Waals surface area contributed by atoms with E-state index in [4.69, 9.17) is 10.8 Å². The molecule has 1 aromatic heterocycles. The first-order valence-electron chi connectivity index (χ1n) is 5.29. The van der Waals surface area contributed by atoms with Gasteiger partial charge >= 0.3 is 5.97 Å². The molecule has 2 rings (SSSR count). The van der Waals surface area contributed by atoms with Crippen molar-refractivity contribution in [3.8, 4) is 0 Å². The summed E-state index contributed by atoms with van der Waals surface area (Å²) < 4.78 is 0. The Morgan fingerprint density at radius 3 is 2.83 bits per heavy atom. The summed E-state index contributed by atoms with van der Waals surface area (Å²) in [5.74, 6) is -1.02. The van der Waals surface area contributed by atoms with E-state index < -0.39 is 5.97 Å². The van der Waals surface area contributed by atoms with Gasteiger partial charge in [-0.15, -0.1) is 0 Å². The Kier molecular flexibility index (Phi) is 3.53. The normalized spacial score (nSPS) is 10.3. The van der Waals surface area contributed by atoms with Gasteiger partial charge in [0.15, 0.2) is 0 Å². The number of aromatic carboxylic acids is 1. The minimum absolute atomic E-state index is 0.126. The van der Waals surface area contributed by atoms with Crippen molar-refractivity contribution in [1.29, 1.82) is 0 Å². The number of rotatable bonds is 3. The maximum atomic E-state index is 11.1. The van der Waals surface area contributed by atoms with E-state index in [9.17, 15) is 4.79 Å². The van der Waals surface area contributed by atoms with Crippen molar-refractivity contribution >= 4 is 23.4 Å². The van der Waals surface area contributed by atoms with Crippen LogP contribution in [0.15, 0.2) is 46.5 Å². The molecule has 0 aliphatic rings. The quantitative estimate of drug-likeness (QED) is 0.887. The smallest absolute Gasteiger partial charge is 0.338 e. The van der Waals surface area contributed by atoms with Crippen molar-refractivity contribution in [1.82, 2.24) is 4.98 Å². The number of nitrogens with zero attached hydrogens (tertiary/aromatic N) is 1. The van der Waals surface area contributed by atoms with Gasteiger partial charge in [0, 0.05) is 4.90 Å². The largest absolute Gasteiger partial charge is 0.478 e. The fraction of sp³-hybridized carbons (Fsp3) is 0.0769. The molecule has 2 aromatic rings. The summed E-state index contributed by atoms with van der Waals surface area (Å²) >= 11 is 1.32. The van der Waals surface area contributed by atoms with Crippen LogP contribution in [0.4, 0.5) is 5.69 Å². The number of aryl methyl sites for hydroxylation is 1. The standard InChI is InChI=1S/C13H12N2O2S/c1-8-3-2-4-10(5-8)18-12-11(13(16)17)6-9(14)7-15-12/h2-7H,14H2,1H3,(H,16,17). The molecule has 0 saturated heterocycles. The Bertz CT molecular complexity index is 599. The molecule has 0 aliphatic carbocycles. The van der Waals surface area contributed by atoms with E-state index in [0.717, 1.165) is 10.5 Å². The van der Waals surface area contributed by atoms with Gasteiger partial charge in [0.05, 0.1) is 17.4 Å². The van der Waals surface area contributed by atoms with Crippen LogP contribution in [-0.4, -0.2) is 16.1 Å². The molecule has 0 unspecified atom stereocenters. The van der Waals surface area contributed by atoms with Crippen molar-refractivity contribution in [3.63, 3.8) is 0 Å². The highest BCUT2D eigenvalue weighted by atomic mass is 32.2. The van der Waals surface area contributed by atoms with E-state index in [0.29, 0.717) is 10.7 Å². The van der Waals surface area contributed by atoms with Crippen LogP contribution in [0, 0.1) is 6.92 Å². The number of aromatic nitrogens is 1. The van der Waals surface area contributed by atoms with Crippen LogP contribution in [0.25, 0.3) is 0 Å². The second-order valence-corrected chi connectivity index (χ2v) is 4.91. The fourth-order valence-corrected chi connectivity index (χ4v) is 2.47. The van der Waals surface area contributed by atoms with Gasteiger partial charge in [-0.2, -0.15) is 0 Å². The van der Waals surface area contributed by atoms with Crippen LogP contribution in [0.2, 0.25) is 0 Å². The average molecular weight is 260 g/mol. The van der Waals surface area contributed by atoms with Crippen LogP contribution >= 0.6 is 11.8 Å². The minimum Gasteiger partial charge on any atom is -0.478 e. The maximum absolute atomic E-state index is 11.1. The van der Waals surface area contributed by atoms with Crippen molar-refractivity contribution < 1.29 is 9.90 Å². The van der Waals surface area contributed by atoms with Crippen LogP contribution in [-0.2, 0) is 0 Å². The molecule has 4 nitrogen and oxygen atoms in total. The molecule has 0 saturated carbocycles. The van der Waals surface area contributed by atoms with Crippen LogP contribution in [0.1, 0.15) is 15.9 Å². The zero-order valence-electron chi connectivity index (χ0n) is 9.75. The summed E-state index contributed by atoms with van der Waals surface area (Å²) in [4.78, 5) is 16.2. The number of nitrogen functional groups attached to an aromatic ring is 1. The van der Waals surface area contributed by atoms with Crippen molar-refractivity contribution in [3.05, 3.63) is 47.7 Å². The Balaban J connectivity index is 2.37. The monoisotopic (exact) mass is 260 g/mol. The number of hydrogen-bond donors (Lipinski definition) is 2. The molecule has 18 heavy (non-hydrogen) atoms. The highest BCUT2D eigenvalue weighted by Gasteiger charge is 2.13. The number of pyridine rings is 1. The van der Waals surface area contributed by atoms with E-state index in [-0.39, 0.29) is 5.56 Å². The molecule has 0 aliphatic heterocycles. The number of benzene rings is 1. The van der Waals surface area contributed by atoms with Gasteiger partial charge in [-0.25, -0.2) is 9.78 Å². The maximum Gasteiger partial charge on any atom is 0.338 e. The van der Waals surface area contributed by atoms with Gasteiger partial charge in [-0.3, -0.25) is 0 Å². The second kappa shape index (κ2) is 5.10. The zero-order chi connectivity index (χ0) is 13.1. The first-order valence-corrected chi connectivity index (χ1v) is 6.11. The number of anilines is 1. The Morgan fingerprint density at radius 2 is 2.17 bits per heavy atom. The molecule has 0 amide bonds. The summed E-state index contributed by atoms with van der Waals surface area (Å²) in [5, 5.41) is 9.56. The molecular formula is C13H12N2O2S. The van der Waals surface area contributed by atoms with Crippen LogP contribution in [0.5, 0.6) is 0 Å². The Hall–Kier alpha value is -2.01. The van der Waals surface area contributed by atoms with Gasteiger partial charge in [0.25, 0.3) is 0 Å². The number of carboxylic acids is 1. The molecule has 1 aromatic carbocycles. The third-order valence-electron chi connectivity index (χ3n) is 2.31. The fourth-order valence-electron chi connectivity index (χ4n) is 1.49. The molecule has 92 valence electrons. The summed E-state index contributed by atoms with van der Waals surface area (Å²) in [7, 11) is 0. The molecular weight excluding hydrogens is 248 g/mol. The van der Waals surface area contributed by atoms with Gasteiger partial charge in [-0.05, 0) is 25.1 Å². The van der Waals surface area contributed by atoms with E-state index in [1.807, 2.05) is 31.2 Å². The van der Waals surface area contributed by atoms with Crippen LogP contribution < -0.4 is 5.73 Å². The van der Waals surface area contributed by atoms with Crippen molar-refractivity contribution in [2.24, 2.45) is 0 Å². The highest BCUT2D eigenvalue weighted by Crippen LogP contribution is 2.30. The third-order valence-corrected chi connectivity index (χ3v) is 3.32. The third kappa shape index (κ3) is 2.81. The molecule has 0 radical (unpaired) electrons. The summed E-state index contributed by atoms with van der Waals surface area (Å²) in [5.41, 5.74) is 7.14. The second-order valence-electron chi connectivity index (χ2n) is 3.85. The predicted molar refractivity (Wildman–Crippen MR) is 70.9 cm³/mol. The number of carboxylic acid groups (broad SMARTS) is 1. The molecule has 5 heteroatoms. The van der Waals surface area contributed by atoms with E-state index in [1.165, 1.54) is 24.0 Å². The molecule has 3 N–H and O–H groups in total. The first kappa shape index (κ1) is 12.4. The van der Waals surface area contributed by atoms with Gasteiger partial charge in [0.1, 0.15) is 5.03 Å². The molecule has 0 spiro atoms. The van der Waals surface area contributed by atoms with Gasteiger partial charge in [-0.1, -0.05) is 29.5 Å². The van der Waals surface area contributed by atoms with Gasteiger partial charge in [0.2, 0.25) is 0 Å². The SMILES string of the molecule is Cc1cccc(Sc2ncc(N)cc2C(=O)O)c1. The lowest BCUT2D eigenvalue weighted by Crippen LogP contribution is -2.02. The molecule has 0 atom stereocenters. The van der Waals surface area contributed by atoms with E-state index >= 15 is 0 Å². The summed E-state index contributed by atoms with van der Waals surface area (Å²) in [6.45, 7) is 1.98. The van der Waals surface area contributed by atoms with E-state index in [2.05, 4.69) is 4.98 Å². The predicted octanol–water partition coefficient (Wildman–Crippen LogP) is 2.82. The molecule has 0 bridgehead atoms. The number of carbonyl (C=O) groups is 1. The highest BCUT2D eigenvalue weighted by molar-refractivity contribution is 7.99. The van der Waals surface area contributed by atoms with Gasteiger partial charge < -0.3 is 10.8 Å². The summed E-state index contributed by atoms with van der Waals surface area (Å²) in [6, 6.07) is 9.23. The summed E-state index contributed by atoms with van der Waals surface area (Å²) in [6.07, 6.45) is 1.46. The van der Waals surface area contributed by atoms with Crippen molar-refractivity contribution in [2.45, 2.75) is 16.8 Å². The minimum atomic E-state index is -1.02. The number of nitrogens with two attached hydrogens (primary N) is 1. The lowest BCUT2D eigenvalue weighted by Gasteiger charge is -2.06.